The molecular formula is C11H22N2O. The minimum atomic E-state index is -0.289. The van der Waals surface area contributed by atoms with Gasteiger partial charge in [-0.05, 0) is 31.6 Å². The first-order valence-electron chi connectivity index (χ1n) is 5.69. The summed E-state index contributed by atoms with van der Waals surface area (Å²) in [4.78, 5) is 13.7. The molecule has 14 heavy (non-hydrogen) atoms. The van der Waals surface area contributed by atoms with Gasteiger partial charge in [0, 0.05) is 13.1 Å². The average molecular weight is 198 g/mol. The molecule has 2 unspecified atom stereocenters. The van der Waals surface area contributed by atoms with Crippen LogP contribution in [-0.2, 0) is 4.79 Å². The van der Waals surface area contributed by atoms with Crippen LogP contribution in [0.5, 0.6) is 0 Å². The highest BCUT2D eigenvalue weighted by Crippen LogP contribution is 2.16. The topological polar surface area (TPSA) is 46.3 Å². The second kappa shape index (κ2) is 5.35. The summed E-state index contributed by atoms with van der Waals surface area (Å²) in [6.45, 7) is 6.02. The highest BCUT2D eigenvalue weighted by Gasteiger charge is 2.21. The monoisotopic (exact) mass is 198 g/mol. The number of rotatable bonds is 2. The predicted octanol–water partition coefficient (Wildman–Crippen LogP) is 1.37. The van der Waals surface area contributed by atoms with E-state index < -0.39 is 0 Å². The number of hydrogen-bond acceptors (Lipinski definition) is 2. The number of nitrogens with two attached hydrogens (primary N) is 1. The van der Waals surface area contributed by atoms with Gasteiger partial charge in [0.2, 0.25) is 5.91 Å². The van der Waals surface area contributed by atoms with E-state index >= 15 is 0 Å². The van der Waals surface area contributed by atoms with Crippen LogP contribution in [0.3, 0.4) is 0 Å². The summed E-state index contributed by atoms with van der Waals surface area (Å²) in [6, 6.07) is -0.289. The van der Waals surface area contributed by atoms with Gasteiger partial charge in [-0.2, -0.15) is 0 Å². The Morgan fingerprint density at radius 2 is 2.21 bits per heavy atom. The molecule has 3 nitrogen and oxygen atoms in total. The third-order valence-electron chi connectivity index (χ3n) is 3.09. The van der Waals surface area contributed by atoms with Gasteiger partial charge in [0.25, 0.3) is 0 Å². The molecule has 0 aromatic heterocycles. The Kier molecular flexibility index (Phi) is 4.39. The lowest BCUT2D eigenvalue weighted by Crippen LogP contribution is -2.43. The zero-order valence-corrected chi connectivity index (χ0v) is 9.33. The summed E-state index contributed by atoms with van der Waals surface area (Å²) >= 11 is 0. The molecule has 82 valence electrons. The Morgan fingerprint density at radius 3 is 2.86 bits per heavy atom. The summed E-state index contributed by atoms with van der Waals surface area (Å²) in [6.07, 6.45) is 4.24. The molecule has 0 spiro atoms. The molecule has 0 saturated carbocycles. The van der Waals surface area contributed by atoms with Crippen LogP contribution in [0.2, 0.25) is 0 Å². The molecular weight excluding hydrogens is 176 g/mol. The van der Waals surface area contributed by atoms with E-state index in [1.165, 1.54) is 6.42 Å². The summed E-state index contributed by atoms with van der Waals surface area (Å²) in [5.41, 5.74) is 5.74. The van der Waals surface area contributed by atoms with E-state index in [1.807, 2.05) is 11.8 Å². The Hall–Kier alpha value is -0.570. The fraction of sp³-hybridized carbons (Fsp3) is 0.909. The first-order valence-corrected chi connectivity index (χ1v) is 5.69. The lowest BCUT2D eigenvalue weighted by atomic mass is 10.0. The molecule has 0 aromatic carbocycles. The smallest absolute Gasteiger partial charge is 0.239 e. The molecule has 2 N–H and O–H groups in total. The van der Waals surface area contributed by atoms with Gasteiger partial charge in [0.05, 0.1) is 6.04 Å². The van der Waals surface area contributed by atoms with Gasteiger partial charge >= 0.3 is 0 Å². The highest BCUT2D eigenvalue weighted by molar-refractivity contribution is 5.81. The Balaban J connectivity index is 2.47. The summed E-state index contributed by atoms with van der Waals surface area (Å²) in [5.74, 6) is 0.896. The van der Waals surface area contributed by atoms with E-state index in [0.29, 0.717) is 0 Å². The van der Waals surface area contributed by atoms with Crippen LogP contribution >= 0.6 is 0 Å². The summed E-state index contributed by atoms with van der Waals surface area (Å²) < 4.78 is 0. The van der Waals surface area contributed by atoms with Crippen molar-refractivity contribution in [1.82, 2.24) is 4.90 Å². The molecule has 1 saturated heterocycles. The lowest BCUT2D eigenvalue weighted by Gasteiger charge is -2.23. The van der Waals surface area contributed by atoms with Crippen molar-refractivity contribution in [3.05, 3.63) is 0 Å². The molecule has 2 atom stereocenters. The van der Waals surface area contributed by atoms with Crippen molar-refractivity contribution in [1.29, 1.82) is 0 Å². The minimum Gasteiger partial charge on any atom is -0.341 e. The number of likely N-dealkylation sites (tertiary alicyclic amines) is 1. The van der Waals surface area contributed by atoms with Crippen molar-refractivity contribution in [2.24, 2.45) is 11.7 Å². The maximum atomic E-state index is 11.8. The third kappa shape index (κ3) is 2.98. The molecule has 1 amide bonds. The van der Waals surface area contributed by atoms with Gasteiger partial charge in [-0.1, -0.05) is 13.8 Å². The highest BCUT2D eigenvalue weighted by atomic mass is 16.2. The Bertz CT molecular complexity index is 194. The van der Waals surface area contributed by atoms with E-state index in [9.17, 15) is 4.79 Å². The van der Waals surface area contributed by atoms with Crippen molar-refractivity contribution in [3.8, 4) is 0 Å². The molecule has 1 aliphatic rings. The Labute approximate surface area is 86.6 Å². The van der Waals surface area contributed by atoms with E-state index in [0.717, 1.165) is 38.3 Å². The average Bonchev–Trinajstić information content (AvgIpc) is 2.40. The number of carbonyl (C=O) groups excluding carboxylic acids is 1. The molecule has 1 rings (SSSR count). The van der Waals surface area contributed by atoms with Crippen molar-refractivity contribution < 1.29 is 4.79 Å². The first kappa shape index (κ1) is 11.5. The maximum absolute atomic E-state index is 11.8. The van der Waals surface area contributed by atoms with Crippen LogP contribution in [-0.4, -0.2) is 29.9 Å². The number of nitrogens with zero attached hydrogens (tertiary/aromatic N) is 1. The van der Waals surface area contributed by atoms with E-state index in [4.69, 9.17) is 5.73 Å². The largest absolute Gasteiger partial charge is 0.341 e. The van der Waals surface area contributed by atoms with Crippen LogP contribution in [0.1, 0.15) is 39.5 Å². The number of carbonyl (C=O) groups is 1. The van der Waals surface area contributed by atoms with Gasteiger partial charge in [-0.15, -0.1) is 0 Å². The minimum absolute atomic E-state index is 0.140. The quantitative estimate of drug-likeness (QED) is 0.728. The maximum Gasteiger partial charge on any atom is 0.239 e. The zero-order chi connectivity index (χ0) is 10.6. The van der Waals surface area contributed by atoms with Crippen molar-refractivity contribution in [2.75, 3.05) is 13.1 Å². The zero-order valence-electron chi connectivity index (χ0n) is 9.33. The van der Waals surface area contributed by atoms with Crippen molar-refractivity contribution in [2.45, 2.75) is 45.6 Å². The Morgan fingerprint density at radius 1 is 1.50 bits per heavy atom. The van der Waals surface area contributed by atoms with Gasteiger partial charge in [0.15, 0.2) is 0 Å². The SMILES string of the molecule is CCC(N)C(=O)N1CCCC(C)CC1. The van der Waals surface area contributed by atoms with Crippen LogP contribution in [0.4, 0.5) is 0 Å². The van der Waals surface area contributed by atoms with E-state index in [2.05, 4.69) is 6.92 Å². The predicted molar refractivity (Wildman–Crippen MR) is 57.9 cm³/mol. The first-order chi connectivity index (χ1) is 6.65. The summed E-state index contributed by atoms with van der Waals surface area (Å²) in [7, 11) is 0. The second-order valence-electron chi connectivity index (χ2n) is 4.38. The van der Waals surface area contributed by atoms with E-state index in [-0.39, 0.29) is 11.9 Å². The summed E-state index contributed by atoms with van der Waals surface area (Å²) in [5, 5.41) is 0. The molecule has 0 aromatic rings. The fourth-order valence-corrected chi connectivity index (χ4v) is 1.89. The molecule has 1 fully saturated rings. The normalized spacial score (nSPS) is 25.6. The molecule has 3 heteroatoms. The van der Waals surface area contributed by atoms with Crippen LogP contribution in [0.25, 0.3) is 0 Å². The molecule has 0 bridgehead atoms. The standard InChI is InChI=1S/C11H22N2O/c1-3-10(12)11(14)13-7-4-5-9(2)6-8-13/h9-10H,3-8,12H2,1-2H3. The fourth-order valence-electron chi connectivity index (χ4n) is 1.89. The molecule has 1 heterocycles. The van der Waals surface area contributed by atoms with Gasteiger partial charge in [-0.3, -0.25) is 4.79 Å². The van der Waals surface area contributed by atoms with Crippen molar-refractivity contribution in [3.63, 3.8) is 0 Å². The van der Waals surface area contributed by atoms with Gasteiger partial charge in [0.1, 0.15) is 0 Å². The molecule has 1 aliphatic heterocycles. The third-order valence-corrected chi connectivity index (χ3v) is 3.09. The van der Waals surface area contributed by atoms with E-state index in [1.54, 1.807) is 0 Å². The van der Waals surface area contributed by atoms with Crippen LogP contribution in [0.15, 0.2) is 0 Å². The second-order valence-corrected chi connectivity index (χ2v) is 4.38. The van der Waals surface area contributed by atoms with Gasteiger partial charge < -0.3 is 10.6 Å². The van der Waals surface area contributed by atoms with Crippen LogP contribution in [0, 0.1) is 5.92 Å². The number of amides is 1. The lowest BCUT2D eigenvalue weighted by molar-refractivity contribution is -0.132. The molecule has 0 aliphatic carbocycles. The van der Waals surface area contributed by atoms with Gasteiger partial charge in [-0.25, -0.2) is 0 Å². The van der Waals surface area contributed by atoms with Crippen LogP contribution < -0.4 is 5.73 Å². The molecule has 0 radical (unpaired) electrons. The van der Waals surface area contributed by atoms with Crippen molar-refractivity contribution >= 4 is 5.91 Å². The number of hydrogen-bond donors (Lipinski definition) is 1.